The van der Waals surface area contributed by atoms with E-state index in [1.165, 1.54) is 6.42 Å². The minimum Gasteiger partial charge on any atom is -0.377 e. The molecule has 1 aliphatic rings. The molecule has 0 aromatic heterocycles. The molecule has 1 fully saturated rings. The van der Waals surface area contributed by atoms with Gasteiger partial charge in [-0.05, 0) is 37.8 Å². The number of hydrogen-bond donors (Lipinski definition) is 0. The van der Waals surface area contributed by atoms with E-state index < -0.39 is 0 Å². The minimum absolute atomic E-state index is 0.0582. The quantitative estimate of drug-likeness (QED) is 0.490. The van der Waals surface area contributed by atoms with E-state index in [1.807, 2.05) is 24.3 Å². The molecule has 2 rings (SSSR count). The molecule has 1 saturated heterocycles. The van der Waals surface area contributed by atoms with E-state index >= 15 is 0 Å². The average molecular weight is 322 g/mol. The van der Waals surface area contributed by atoms with Gasteiger partial charge in [0.2, 0.25) is 0 Å². The summed E-state index contributed by atoms with van der Waals surface area (Å²) in [7, 11) is 0. The van der Waals surface area contributed by atoms with E-state index in [0.29, 0.717) is 38.6 Å². The summed E-state index contributed by atoms with van der Waals surface area (Å²) in [5.41, 5.74) is 1.71. The van der Waals surface area contributed by atoms with Crippen LogP contribution in [0.1, 0.15) is 42.1 Å². The Morgan fingerprint density at radius 1 is 1.17 bits per heavy atom. The summed E-state index contributed by atoms with van der Waals surface area (Å²) in [6.07, 6.45) is 3.22. The van der Waals surface area contributed by atoms with Crippen molar-refractivity contribution < 1.29 is 23.7 Å². The first-order valence-corrected chi connectivity index (χ1v) is 8.24. The lowest BCUT2D eigenvalue weighted by atomic mass is 10.1. The second kappa shape index (κ2) is 10.5. The molecule has 0 N–H and O–H groups in total. The van der Waals surface area contributed by atoms with Gasteiger partial charge in [0.1, 0.15) is 0 Å². The van der Waals surface area contributed by atoms with Crippen LogP contribution in [-0.4, -0.2) is 45.1 Å². The van der Waals surface area contributed by atoms with Crippen molar-refractivity contribution in [3.63, 3.8) is 0 Å². The largest absolute Gasteiger partial charge is 0.377 e. The van der Waals surface area contributed by atoms with Crippen LogP contribution in [0.15, 0.2) is 24.3 Å². The first-order valence-electron chi connectivity index (χ1n) is 8.24. The van der Waals surface area contributed by atoms with E-state index in [2.05, 4.69) is 0 Å². The summed E-state index contributed by atoms with van der Waals surface area (Å²) in [5, 5.41) is 0. The number of Topliss-reactive ketones (excluding diaryl/α,β-unsaturated/α-hetero) is 1. The van der Waals surface area contributed by atoms with Crippen molar-refractivity contribution in [1.29, 1.82) is 0 Å². The summed E-state index contributed by atoms with van der Waals surface area (Å²) >= 11 is 0. The number of benzene rings is 1. The van der Waals surface area contributed by atoms with Crippen molar-refractivity contribution in [3.8, 4) is 0 Å². The monoisotopic (exact) mass is 322 g/mol. The second-order valence-electron chi connectivity index (χ2n) is 5.59. The van der Waals surface area contributed by atoms with Gasteiger partial charge >= 0.3 is 0 Å². The summed E-state index contributed by atoms with van der Waals surface area (Å²) in [6, 6.07) is 7.49. The fraction of sp³-hybridized carbons (Fsp3) is 0.611. The van der Waals surface area contributed by atoms with E-state index in [-0.39, 0.29) is 12.1 Å². The SMILES string of the molecule is CC(=O)c1cccc(COCCOCCOC2CCCCO2)c1. The molecular weight excluding hydrogens is 296 g/mol. The average Bonchev–Trinajstić information content (AvgIpc) is 2.58. The molecule has 5 heteroatoms. The highest BCUT2D eigenvalue weighted by atomic mass is 16.7. The first kappa shape index (κ1) is 18.1. The summed E-state index contributed by atoms with van der Waals surface area (Å²) in [6.45, 7) is 4.98. The number of ketones is 1. The van der Waals surface area contributed by atoms with Crippen molar-refractivity contribution in [2.45, 2.75) is 39.1 Å². The van der Waals surface area contributed by atoms with Crippen molar-refractivity contribution in [2.75, 3.05) is 33.0 Å². The lowest BCUT2D eigenvalue weighted by Crippen LogP contribution is -2.24. The minimum atomic E-state index is -0.0582. The first-order chi connectivity index (χ1) is 11.3. The summed E-state index contributed by atoms with van der Waals surface area (Å²) in [5.74, 6) is 0.0668. The van der Waals surface area contributed by atoms with Crippen LogP contribution in [-0.2, 0) is 25.6 Å². The molecule has 0 amide bonds. The molecular formula is C18H26O5. The zero-order valence-corrected chi connectivity index (χ0v) is 13.8. The van der Waals surface area contributed by atoms with Crippen LogP contribution in [0, 0.1) is 0 Å². The normalized spacial score (nSPS) is 18.0. The highest BCUT2D eigenvalue weighted by molar-refractivity contribution is 5.94. The fourth-order valence-electron chi connectivity index (χ4n) is 2.37. The standard InChI is InChI=1S/C18H26O5/c1-15(19)17-6-4-5-16(13-17)14-21-10-9-20-11-12-23-18-7-2-3-8-22-18/h4-6,13,18H,2-3,7-12,14H2,1H3. The smallest absolute Gasteiger partial charge is 0.159 e. The third-order valence-electron chi connectivity index (χ3n) is 3.64. The summed E-state index contributed by atoms with van der Waals surface area (Å²) in [4.78, 5) is 11.3. The van der Waals surface area contributed by atoms with Crippen LogP contribution in [0.3, 0.4) is 0 Å². The predicted molar refractivity (Wildman–Crippen MR) is 86.5 cm³/mol. The van der Waals surface area contributed by atoms with Gasteiger partial charge in [0.15, 0.2) is 12.1 Å². The molecule has 1 aromatic carbocycles. The molecule has 1 aromatic rings. The van der Waals surface area contributed by atoms with Gasteiger partial charge in [-0.2, -0.15) is 0 Å². The highest BCUT2D eigenvalue weighted by Gasteiger charge is 2.13. The van der Waals surface area contributed by atoms with E-state index in [1.54, 1.807) is 6.92 Å². The predicted octanol–water partition coefficient (Wildman–Crippen LogP) is 2.97. The van der Waals surface area contributed by atoms with Crippen molar-refractivity contribution in [3.05, 3.63) is 35.4 Å². The van der Waals surface area contributed by atoms with E-state index in [4.69, 9.17) is 18.9 Å². The Hall–Kier alpha value is -1.27. The molecule has 0 aliphatic carbocycles. The Morgan fingerprint density at radius 2 is 2.00 bits per heavy atom. The summed E-state index contributed by atoms with van der Waals surface area (Å²) < 4.78 is 22.1. The molecule has 23 heavy (non-hydrogen) atoms. The third-order valence-corrected chi connectivity index (χ3v) is 3.64. The van der Waals surface area contributed by atoms with Gasteiger partial charge in [-0.15, -0.1) is 0 Å². The molecule has 0 spiro atoms. The zero-order chi connectivity index (χ0) is 16.3. The number of hydrogen-bond acceptors (Lipinski definition) is 5. The van der Waals surface area contributed by atoms with Crippen LogP contribution in [0.4, 0.5) is 0 Å². The van der Waals surface area contributed by atoms with Crippen LogP contribution >= 0.6 is 0 Å². The Labute approximate surface area is 137 Å². The van der Waals surface area contributed by atoms with Gasteiger partial charge in [0.25, 0.3) is 0 Å². The van der Waals surface area contributed by atoms with Gasteiger partial charge in [0.05, 0.1) is 33.0 Å². The molecule has 0 bridgehead atoms. The van der Waals surface area contributed by atoms with Gasteiger partial charge < -0.3 is 18.9 Å². The lowest BCUT2D eigenvalue weighted by molar-refractivity contribution is -0.169. The number of carbonyl (C=O) groups is 1. The Kier molecular flexibility index (Phi) is 8.25. The lowest BCUT2D eigenvalue weighted by Gasteiger charge is -2.22. The number of carbonyl (C=O) groups excluding carboxylic acids is 1. The van der Waals surface area contributed by atoms with E-state index in [9.17, 15) is 4.79 Å². The fourth-order valence-corrected chi connectivity index (χ4v) is 2.37. The molecule has 1 unspecified atom stereocenters. The van der Waals surface area contributed by atoms with Crippen LogP contribution in [0.2, 0.25) is 0 Å². The van der Waals surface area contributed by atoms with E-state index in [0.717, 1.165) is 25.0 Å². The van der Waals surface area contributed by atoms with Crippen LogP contribution < -0.4 is 0 Å². The van der Waals surface area contributed by atoms with Crippen molar-refractivity contribution >= 4 is 5.78 Å². The third kappa shape index (κ3) is 7.22. The van der Waals surface area contributed by atoms with Crippen LogP contribution in [0.25, 0.3) is 0 Å². The van der Waals surface area contributed by atoms with Crippen LogP contribution in [0.5, 0.6) is 0 Å². The highest BCUT2D eigenvalue weighted by Crippen LogP contribution is 2.13. The van der Waals surface area contributed by atoms with Gasteiger partial charge in [-0.25, -0.2) is 0 Å². The second-order valence-corrected chi connectivity index (χ2v) is 5.59. The van der Waals surface area contributed by atoms with Gasteiger partial charge in [-0.3, -0.25) is 4.79 Å². The molecule has 0 saturated carbocycles. The van der Waals surface area contributed by atoms with Gasteiger partial charge in [-0.1, -0.05) is 18.2 Å². The van der Waals surface area contributed by atoms with Crippen molar-refractivity contribution in [2.24, 2.45) is 0 Å². The zero-order valence-electron chi connectivity index (χ0n) is 13.8. The maximum absolute atomic E-state index is 11.3. The molecule has 1 atom stereocenters. The van der Waals surface area contributed by atoms with Gasteiger partial charge in [0, 0.05) is 12.2 Å². The number of ether oxygens (including phenoxy) is 4. The molecule has 1 heterocycles. The molecule has 128 valence electrons. The maximum Gasteiger partial charge on any atom is 0.159 e. The Bertz CT molecular complexity index is 468. The topological polar surface area (TPSA) is 54.0 Å². The molecule has 5 nitrogen and oxygen atoms in total. The molecule has 1 aliphatic heterocycles. The molecule has 0 radical (unpaired) electrons. The maximum atomic E-state index is 11.3. The Balaban J connectivity index is 1.47. The number of rotatable bonds is 10. The van der Waals surface area contributed by atoms with Crippen molar-refractivity contribution in [1.82, 2.24) is 0 Å². The Morgan fingerprint density at radius 3 is 2.78 bits per heavy atom.